The van der Waals surface area contributed by atoms with Crippen LogP contribution < -0.4 is 10.6 Å². The number of carbonyl (C=O) groups is 2. The minimum Gasteiger partial charge on any atom is -0.344 e. The fraction of sp³-hybridized carbons (Fsp3) is 0.875. The third kappa shape index (κ3) is 5.22. The van der Waals surface area contributed by atoms with Gasteiger partial charge < -0.3 is 20.4 Å². The van der Waals surface area contributed by atoms with Gasteiger partial charge in [0, 0.05) is 64.2 Å². The molecule has 4 heterocycles. The summed E-state index contributed by atoms with van der Waals surface area (Å²) in [4.78, 5) is 26.3. The Balaban J connectivity index is 0.000000222. The number of amides is 2. The Morgan fingerprint density at radius 1 is 0.708 bits per heavy atom. The number of carbonyl (C=O) groups excluding carboxylic acids is 2. The molecule has 0 unspecified atom stereocenters. The summed E-state index contributed by atoms with van der Waals surface area (Å²) in [7, 11) is 3.79. The van der Waals surface area contributed by atoms with E-state index in [9.17, 15) is 9.59 Å². The van der Waals surface area contributed by atoms with Crippen molar-refractivity contribution in [3.05, 3.63) is 0 Å². The van der Waals surface area contributed by atoms with Gasteiger partial charge in [0.1, 0.15) is 0 Å². The Bertz CT molecular complexity index is 412. The number of fused-ring (bicyclic) bond motifs is 4. The molecule has 4 aliphatic heterocycles. The van der Waals surface area contributed by atoms with Crippen LogP contribution in [0, 0.1) is 0 Å². The lowest BCUT2D eigenvalue weighted by Gasteiger charge is -2.18. The third-order valence-corrected chi connectivity index (χ3v) is 5.35. The van der Waals surface area contributed by atoms with Crippen molar-refractivity contribution in [1.29, 1.82) is 0 Å². The number of halogens is 2. The molecule has 8 heteroatoms. The second kappa shape index (κ2) is 9.22. The highest BCUT2D eigenvalue weighted by molar-refractivity contribution is 5.85. The fourth-order valence-electron chi connectivity index (χ4n) is 4.01. The second-order valence-corrected chi connectivity index (χ2v) is 7.23. The van der Waals surface area contributed by atoms with Crippen molar-refractivity contribution in [3.63, 3.8) is 0 Å². The molecule has 0 aliphatic carbocycles. The number of nitrogens with zero attached hydrogens (tertiary/aromatic N) is 2. The highest BCUT2D eigenvalue weighted by Crippen LogP contribution is 2.20. The first-order chi connectivity index (χ1) is 10.5. The van der Waals surface area contributed by atoms with E-state index in [-0.39, 0.29) is 24.8 Å². The molecule has 0 aromatic carbocycles. The standard InChI is InChI=1S/2C8H14N2O.2ClH/c2*1-10-5-7-3-2-6(9-7)4-8(10)11;;/h2*6-7,9H,2-5H2,1H3;2*1H/t2*6-,7+;;/m10../s1. The largest absolute Gasteiger partial charge is 0.344 e. The molecule has 2 amide bonds. The summed E-state index contributed by atoms with van der Waals surface area (Å²) in [5.41, 5.74) is 0. The molecule has 4 aliphatic rings. The second-order valence-electron chi connectivity index (χ2n) is 7.23. The predicted molar refractivity (Wildman–Crippen MR) is 98.9 cm³/mol. The van der Waals surface area contributed by atoms with E-state index in [1.807, 2.05) is 23.9 Å². The summed E-state index contributed by atoms with van der Waals surface area (Å²) in [5.74, 6) is 0.592. The van der Waals surface area contributed by atoms with Gasteiger partial charge in [-0.25, -0.2) is 0 Å². The van der Waals surface area contributed by atoms with Crippen LogP contribution in [0.15, 0.2) is 0 Å². The molecule has 4 fully saturated rings. The Hall–Kier alpha value is -0.560. The number of rotatable bonds is 0. The van der Waals surface area contributed by atoms with Gasteiger partial charge >= 0.3 is 0 Å². The van der Waals surface area contributed by atoms with Gasteiger partial charge in [-0.05, 0) is 25.7 Å². The zero-order chi connectivity index (χ0) is 15.7. The minimum absolute atomic E-state index is 0. The van der Waals surface area contributed by atoms with E-state index in [0.717, 1.165) is 13.1 Å². The molecule has 4 bridgehead atoms. The van der Waals surface area contributed by atoms with E-state index < -0.39 is 0 Å². The van der Waals surface area contributed by atoms with E-state index in [1.54, 1.807) is 0 Å². The van der Waals surface area contributed by atoms with Gasteiger partial charge in [-0.1, -0.05) is 0 Å². The van der Waals surface area contributed by atoms with Crippen LogP contribution in [0.25, 0.3) is 0 Å². The van der Waals surface area contributed by atoms with Crippen molar-refractivity contribution < 1.29 is 9.59 Å². The highest BCUT2D eigenvalue weighted by atomic mass is 35.5. The summed E-state index contributed by atoms with van der Waals surface area (Å²) < 4.78 is 0. The van der Waals surface area contributed by atoms with E-state index in [1.165, 1.54) is 25.7 Å². The molecule has 2 N–H and O–H groups in total. The molecular weight excluding hydrogens is 351 g/mol. The minimum atomic E-state index is 0. The van der Waals surface area contributed by atoms with Gasteiger partial charge in [-0.3, -0.25) is 9.59 Å². The van der Waals surface area contributed by atoms with Crippen LogP contribution in [-0.2, 0) is 9.59 Å². The zero-order valence-corrected chi connectivity index (χ0v) is 16.1. The monoisotopic (exact) mass is 380 g/mol. The summed E-state index contributed by atoms with van der Waals surface area (Å²) in [6.07, 6.45) is 6.25. The van der Waals surface area contributed by atoms with Crippen molar-refractivity contribution in [2.45, 2.75) is 62.7 Å². The number of hydrogen-bond acceptors (Lipinski definition) is 4. The van der Waals surface area contributed by atoms with E-state index in [0.29, 0.717) is 48.8 Å². The summed E-state index contributed by atoms with van der Waals surface area (Å²) in [6, 6.07) is 2.07. The maximum Gasteiger partial charge on any atom is 0.223 e. The normalized spacial score (nSPS) is 34.4. The van der Waals surface area contributed by atoms with E-state index >= 15 is 0 Å². The Labute approximate surface area is 156 Å². The van der Waals surface area contributed by atoms with Gasteiger partial charge in [-0.2, -0.15) is 0 Å². The van der Waals surface area contributed by atoms with Gasteiger partial charge in [0.05, 0.1) is 0 Å². The van der Waals surface area contributed by atoms with Crippen LogP contribution in [0.1, 0.15) is 38.5 Å². The molecule has 4 rings (SSSR count). The molecule has 6 nitrogen and oxygen atoms in total. The molecule has 0 radical (unpaired) electrons. The van der Waals surface area contributed by atoms with Gasteiger partial charge in [0.25, 0.3) is 0 Å². The molecule has 0 aromatic heterocycles. The SMILES string of the molecule is CN1C[C@@H]2CC[C@H](CC1=O)N2.CN1C[C@H]2CC[C@@H](CC1=O)N2.Cl.Cl. The average molecular weight is 381 g/mol. The van der Waals surface area contributed by atoms with Crippen molar-refractivity contribution in [3.8, 4) is 0 Å². The lowest BCUT2D eigenvalue weighted by molar-refractivity contribution is -0.130. The highest BCUT2D eigenvalue weighted by Gasteiger charge is 2.32. The van der Waals surface area contributed by atoms with Gasteiger partial charge in [-0.15, -0.1) is 24.8 Å². The molecule has 140 valence electrons. The van der Waals surface area contributed by atoms with Crippen LogP contribution in [0.4, 0.5) is 0 Å². The smallest absolute Gasteiger partial charge is 0.223 e. The van der Waals surface area contributed by atoms with Crippen LogP contribution >= 0.6 is 24.8 Å². The molecule has 0 aromatic rings. The van der Waals surface area contributed by atoms with Crippen LogP contribution in [0.3, 0.4) is 0 Å². The maximum atomic E-state index is 11.3. The molecule has 4 atom stereocenters. The Morgan fingerprint density at radius 3 is 1.42 bits per heavy atom. The first kappa shape index (κ1) is 21.5. The van der Waals surface area contributed by atoms with E-state index in [4.69, 9.17) is 0 Å². The number of likely N-dealkylation sites (tertiary alicyclic amines) is 2. The van der Waals surface area contributed by atoms with Crippen molar-refractivity contribution in [2.24, 2.45) is 0 Å². The summed E-state index contributed by atoms with van der Waals surface area (Å²) >= 11 is 0. The molecule has 24 heavy (non-hydrogen) atoms. The molecule has 0 saturated carbocycles. The van der Waals surface area contributed by atoms with Gasteiger partial charge in [0.2, 0.25) is 11.8 Å². The lowest BCUT2D eigenvalue weighted by atomic mass is 10.1. The predicted octanol–water partition coefficient (Wildman–Crippen LogP) is 0.782. The zero-order valence-electron chi connectivity index (χ0n) is 14.5. The number of likely N-dealkylation sites (N-methyl/N-ethyl adjacent to an activating group) is 2. The first-order valence-electron chi connectivity index (χ1n) is 8.51. The Morgan fingerprint density at radius 2 is 1.04 bits per heavy atom. The quantitative estimate of drug-likeness (QED) is 0.651. The van der Waals surface area contributed by atoms with Crippen molar-refractivity contribution in [1.82, 2.24) is 20.4 Å². The summed E-state index contributed by atoms with van der Waals surface area (Å²) in [6.45, 7) is 1.80. The maximum absolute atomic E-state index is 11.3. The van der Waals surface area contributed by atoms with Crippen molar-refractivity contribution >= 4 is 36.6 Å². The molecule has 4 saturated heterocycles. The summed E-state index contributed by atoms with van der Waals surface area (Å²) in [5, 5.41) is 6.90. The molecule has 0 spiro atoms. The topological polar surface area (TPSA) is 64.7 Å². The van der Waals surface area contributed by atoms with Crippen LogP contribution in [-0.4, -0.2) is 73.0 Å². The molecular formula is C16H30Cl2N4O2. The average Bonchev–Trinajstić information content (AvgIpc) is 3.01. The first-order valence-corrected chi connectivity index (χ1v) is 8.51. The van der Waals surface area contributed by atoms with E-state index in [2.05, 4.69) is 10.6 Å². The van der Waals surface area contributed by atoms with Crippen LogP contribution in [0.5, 0.6) is 0 Å². The third-order valence-electron chi connectivity index (χ3n) is 5.35. The van der Waals surface area contributed by atoms with Crippen LogP contribution in [0.2, 0.25) is 0 Å². The van der Waals surface area contributed by atoms with Crippen molar-refractivity contribution in [2.75, 3.05) is 27.2 Å². The Kier molecular flexibility index (Phi) is 8.26. The lowest BCUT2D eigenvalue weighted by Crippen LogP contribution is -2.34. The van der Waals surface area contributed by atoms with Gasteiger partial charge in [0.15, 0.2) is 0 Å². The fourth-order valence-corrected chi connectivity index (χ4v) is 4.01. The number of nitrogens with one attached hydrogen (secondary N) is 2. The number of hydrogen-bond donors (Lipinski definition) is 2.